The van der Waals surface area contributed by atoms with Gasteiger partial charge in [-0.2, -0.15) is 0 Å². The van der Waals surface area contributed by atoms with Gasteiger partial charge in [0.15, 0.2) is 0 Å². The number of amides is 1. The van der Waals surface area contributed by atoms with Crippen molar-refractivity contribution in [3.05, 3.63) is 0 Å². The normalized spacial score (nSPS) is 32.1. The average molecular weight is 226 g/mol. The zero-order valence-electron chi connectivity index (χ0n) is 10.00. The van der Waals surface area contributed by atoms with Gasteiger partial charge in [-0.3, -0.25) is 4.79 Å². The van der Waals surface area contributed by atoms with Crippen LogP contribution in [0, 0.1) is 5.41 Å². The molecule has 1 heterocycles. The number of ether oxygens (including phenoxy) is 1. The van der Waals surface area contributed by atoms with Crippen molar-refractivity contribution in [2.24, 2.45) is 11.1 Å². The van der Waals surface area contributed by atoms with Gasteiger partial charge in [0.25, 0.3) is 0 Å². The molecule has 2 unspecified atom stereocenters. The first-order valence-corrected chi connectivity index (χ1v) is 6.26. The van der Waals surface area contributed by atoms with Crippen molar-refractivity contribution in [3.63, 3.8) is 0 Å². The molecule has 1 saturated carbocycles. The molecule has 92 valence electrons. The van der Waals surface area contributed by atoms with Gasteiger partial charge in [-0.25, -0.2) is 0 Å². The Morgan fingerprint density at radius 2 is 2.31 bits per heavy atom. The van der Waals surface area contributed by atoms with Crippen molar-refractivity contribution < 1.29 is 9.53 Å². The Hall–Kier alpha value is -0.610. The standard InChI is InChI=1S/C12H22N2O2/c1-9-10(3-6-16-9)14-11(15)7-12(8-13)4-2-5-12/h9-10H,2-8,13H2,1H3,(H,14,15). The molecule has 0 aromatic heterocycles. The van der Waals surface area contributed by atoms with E-state index in [4.69, 9.17) is 10.5 Å². The monoisotopic (exact) mass is 226 g/mol. The fraction of sp³-hybridized carbons (Fsp3) is 0.917. The molecule has 4 nitrogen and oxygen atoms in total. The van der Waals surface area contributed by atoms with Crippen molar-refractivity contribution >= 4 is 5.91 Å². The van der Waals surface area contributed by atoms with E-state index in [1.807, 2.05) is 6.92 Å². The summed E-state index contributed by atoms with van der Waals surface area (Å²) in [6, 6.07) is 0.197. The summed E-state index contributed by atoms with van der Waals surface area (Å²) < 4.78 is 5.42. The molecule has 2 rings (SSSR count). The van der Waals surface area contributed by atoms with Crippen LogP contribution in [-0.2, 0) is 9.53 Å². The quantitative estimate of drug-likeness (QED) is 0.745. The molecule has 1 saturated heterocycles. The maximum absolute atomic E-state index is 11.9. The maximum Gasteiger partial charge on any atom is 0.220 e. The first-order chi connectivity index (χ1) is 7.65. The van der Waals surface area contributed by atoms with Crippen LogP contribution in [0.15, 0.2) is 0 Å². The lowest BCUT2D eigenvalue weighted by molar-refractivity contribution is -0.125. The van der Waals surface area contributed by atoms with E-state index in [1.54, 1.807) is 0 Å². The van der Waals surface area contributed by atoms with Crippen LogP contribution in [0.4, 0.5) is 0 Å². The summed E-state index contributed by atoms with van der Waals surface area (Å²) >= 11 is 0. The number of hydrogen-bond acceptors (Lipinski definition) is 3. The molecule has 1 aliphatic carbocycles. The highest BCUT2D eigenvalue weighted by molar-refractivity contribution is 5.77. The Bertz CT molecular complexity index is 258. The van der Waals surface area contributed by atoms with E-state index < -0.39 is 0 Å². The van der Waals surface area contributed by atoms with E-state index in [2.05, 4.69) is 5.32 Å². The van der Waals surface area contributed by atoms with Gasteiger partial charge >= 0.3 is 0 Å². The third kappa shape index (κ3) is 2.38. The van der Waals surface area contributed by atoms with E-state index in [0.717, 1.165) is 25.9 Å². The molecule has 0 spiro atoms. The fourth-order valence-corrected chi connectivity index (χ4v) is 2.65. The maximum atomic E-state index is 11.9. The van der Waals surface area contributed by atoms with Crippen molar-refractivity contribution in [1.82, 2.24) is 5.32 Å². The van der Waals surface area contributed by atoms with Crippen molar-refractivity contribution in [2.45, 2.75) is 51.2 Å². The zero-order chi connectivity index (χ0) is 11.6. The van der Waals surface area contributed by atoms with Crippen LogP contribution in [0.2, 0.25) is 0 Å². The molecule has 0 bridgehead atoms. The van der Waals surface area contributed by atoms with Crippen LogP contribution >= 0.6 is 0 Å². The second-order valence-corrected chi connectivity index (χ2v) is 5.27. The van der Waals surface area contributed by atoms with Crippen LogP contribution in [0.25, 0.3) is 0 Å². The molecule has 2 fully saturated rings. The Morgan fingerprint density at radius 3 is 2.75 bits per heavy atom. The van der Waals surface area contributed by atoms with Crippen LogP contribution < -0.4 is 11.1 Å². The first kappa shape index (κ1) is 11.9. The highest BCUT2D eigenvalue weighted by Crippen LogP contribution is 2.42. The smallest absolute Gasteiger partial charge is 0.220 e. The number of hydrogen-bond donors (Lipinski definition) is 2. The molecule has 3 N–H and O–H groups in total. The number of carbonyl (C=O) groups excluding carboxylic acids is 1. The minimum atomic E-state index is 0.104. The molecule has 0 aromatic carbocycles. The summed E-state index contributed by atoms with van der Waals surface area (Å²) in [7, 11) is 0. The second-order valence-electron chi connectivity index (χ2n) is 5.27. The Morgan fingerprint density at radius 1 is 1.56 bits per heavy atom. The number of nitrogens with one attached hydrogen (secondary N) is 1. The van der Waals surface area contributed by atoms with Gasteiger partial charge in [-0.05, 0) is 38.1 Å². The summed E-state index contributed by atoms with van der Waals surface area (Å²) in [5.74, 6) is 0.146. The van der Waals surface area contributed by atoms with Gasteiger partial charge in [-0.1, -0.05) is 6.42 Å². The lowest BCUT2D eigenvalue weighted by atomic mass is 9.66. The average Bonchev–Trinajstić information content (AvgIpc) is 2.58. The third-order valence-corrected chi connectivity index (χ3v) is 4.11. The zero-order valence-corrected chi connectivity index (χ0v) is 10.00. The predicted molar refractivity (Wildman–Crippen MR) is 61.9 cm³/mol. The summed E-state index contributed by atoms with van der Waals surface area (Å²) in [5, 5.41) is 3.07. The number of rotatable bonds is 4. The predicted octanol–water partition coefficient (Wildman–Crippen LogP) is 0.799. The van der Waals surface area contributed by atoms with Crippen LogP contribution in [0.1, 0.15) is 39.0 Å². The Kier molecular flexibility index (Phi) is 3.50. The van der Waals surface area contributed by atoms with E-state index in [0.29, 0.717) is 13.0 Å². The summed E-state index contributed by atoms with van der Waals surface area (Å²) in [6.07, 6.45) is 5.10. The van der Waals surface area contributed by atoms with E-state index in [1.165, 1.54) is 6.42 Å². The van der Waals surface area contributed by atoms with Gasteiger partial charge in [0.05, 0.1) is 12.1 Å². The van der Waals surface area contributed by atoms with E-state index in [-0.39, 0.29) is 23.5 Å². The third-order valence-electron chi connectivity index (χ3n) is 4.11. The molecule has 0 radical (unpaired) electrons. The SMILES string of the molecule is CC1OCCC1NC(=O)CC1(CN)CCC1. The van der Waals surface area contributed by atoms with Crippen molar-refractivity contribution in [2.75, 3.05) is 13.2 Å². The molecular weight excluding hydrogens is 204 g/mol. The van der Waals surface area contributed by atoms with Gasteiger partial charge in [0, 0.05) is 13.0 Å². The topological polar surface area (TPSA) is 64.3 Å². The second kappa shape index (κ2) is 4.72. The van der Waals surface area contributed by atoms with E-state index in [9.17, 15) is 4.79 Å². The molecule has 2 aliphatic rings. The van der Waals surface area contributed by atoms with Gasteiger partial charge < -0.3 is 15.8 Å². The molecular formula is C12H22N2O2. The molecule has 2 atom stereocenters. The van der Waals surface area contributed by atoms with Crippen molar-refractivity contribution in [3.8, 4) is 0 Å². The first-order valence-electron chi connectivity index (χ1n) is 6.26. The Balaban J connectivity index is 1.79. The molecule has 4 heteroatoms. The summed E-state index contributed by atoms with van der Waals surface area (Å²) in [6.45, 7) is 3.41. The molecule has 0 aromatic rings. The van der Waals surface area contributed by atoms with Crippen LogP contribution in [0.5, 0.6) is 0 Å². The number of nitrogens with two attached hydrogens (primary N) is 1. The highest BCUT2D eigenvalue weighted by Gasteiger charge is 2.38. The Labute approximate surface area is 96.9 Å². The van der Waals surface area contributed by atoms with Crippen LogP contribution in [0.3, 0.4) is 0 Å². The lowest BCUT2D eigenvalue weighted by Crippen LogP contribution is -2.45. The minimum Gasteiger partial charge on any atom is -0.376 e. The lowest BCUT2D eigenvalue weighted by Gasteiger charge is -2.40. The fourth-order valence-electron chi connectivity index (χ4n) is 2.65. The van der Waals surface area contributed by atoms with Gasteiger partial charge in [0.2, 0.25) is 5.91 Å². The number of carbonyl (C=O) groups is 1. The van der Waals surface area contributed by atoms with Gasteiger partial charge in [-0.15, -0.1) is 0 Å². The molecule has 16 heavy (non-hydrogen) atoms. The van der Waals surface area contributed by atoms with E-state index >= 15 is 0 Å². The molecule has 1 aliphatic heterocycles. The molecule has 1 amide bonds. The van der Waals surface area contributed by atoms with Crippen LogP contribution in [-0.4, -0.2) is 31.2 Å². The summed E-state index contributed by atoms with van der Waals surface area (Å²) in [5.41, 5.74) is 5.85. The largest absolute Gasteiger partial charge is 0.376 e. The minimum absolute atomic E-state index is 0.104. The van der Waals surface area contributed by atoms with Gasteiger partial charge in [0.1, 0.15) is 0 Å². The summed E-state index contributed by atoms with van der Waals surface area (Å²) in [4.78, 5) is 11.9. The highest BCUT2D eigenvalue weighted by atomic mass is 16.5. The van der Waals surface area contributed by atoms with Crippen molar-refractivity contribution in [1.29, 1.82) is 0 Å².